The molecule has 0 aliphatic heterocycles. The average molecular weight is 266 g/mol. The topological polar surface area (TPSA) is 41.1 Å². The monoisotopic (exact) mass is 266 g/mol. The van der Waals surface area contributed by atoms with Crippen molar-refractivity contribution < 1.29 is 4.79 Å². The number of carbonyl (C=O) groups is 1. The summed E-state index contributed by atoms with van der Waals surface area (Å²) in [6.07, 6.45) is 0. The minimum absolute atomic E-state index is 0.0311. The van der Waals surface area contributed by atoms with Crippen LogP contribution in [0.25, 0.3) is 0 Å². The summed E-state index contributed by atoms with van der Waals surface area (Å²) in [5.74, 6) is 0.661. The zero-order valence-corrected chi connectivity index (χ0v) is 12.2. The highest BCUT2D eigenvalue weighted by Gasteiger charge is 2.08. The first kappa shape index (κ1) is 15.1. The van der Waals surface area contributed by atoms with Crippen LogP contribution in [-0.4, -0.2) is 24.5 Å². The normalized spacial score (nSPS) is 11.3. The van der Waals surface area contributed by atoms with Gasteiger partial charge in [0.25, 0.3) is 5.91 Å². The Hall–Kier alpha value is -1.00. The lowest BCUT2D eigenvalue weighted by Crippen LogP contribution is -2.41. The third kappa shape index (κ3) is 5.56. The summed E-state index contributed by atoms with van der Waals surface area (Å²) in [6, 6.07) is 7.51. The molecule has 0 aromatic heterocycles. The summed E-state index contributed by atoms with van der Waals surface area (Å²) in [7, 11) is 0. The molecule has 0 aliphatic carbocycles. The van der Waals surface area contributed by atoms with E-state index < -0.39 is 0 Å². The molecule has 0 aliphatic rings. The van der Waals surface area contributed by atoms with Crippen LogP contribution in [0.3, 0.4) is 0 Å². The van der Waals surface area contributed by atoms with Crippen molar-refractivity contribution in [3.8, 4) is 0 Å². The Kier molecular flexibility index (Phi) is 5.69. The molecule has 0 bridgehead atoms. The standard InChI is InChI=1S/C14H22N2OS/c1-14(2,3)16-9-8-15-13(17)12-6-4-11(10-18)5-7-12/h4-7,16,18H,8-10H2,1-3H3,(H,15,17). The van der Waals surface area contributed by atoms with Crippen molar-refractivity contribution >= 4 is 18.5 Å². The molecule has 0 saturated heterocycles. The molecule has 4 heteroatoms. The minimum Gasteiger partial charge on any atom is -0.351 e. The van der Waals surface area contributed by atoms with Gasteiger partial charge in [0.1, 0.15) is 0 Å². The van der Waals surface area contributed by atoms with Gasteiger partial charge in [-0.25, -0.2) is 0 Å². The predicted molar refractivity (Wildman–Crippen MR) is 79.2 cm³/mol. The van der Waals surface area contributed by atoms with Crippen LogP contribution < -0.4 is 10.6 Å². The van der Waals surface area contributed by atoms with E-state index in [1.165, 1.54) is 0 Å². The Balaban J connectivity index is 2.36. The number of thiol groups is 1. The van der Waals surface area contributed by atoms with E-state index in [9.17, 15) is 4.79 Å². The van der Waals surface area contributed by atoms with Crippen LogP contribution in [0.4, 0.5) is 0 Å². The number of carbonyl (C=O) groups excluding carboxylic acids is 1. The zero-order chi connectivity index (χ0) is 13.6. The lowest BCUT2D eigenvalue weighted by molar-refractivity contribution is 0.0953. The first-order chi connectivity index (χ1) is 8.42. The fraction of sp³-hybridized carbons (Fsp3) is 0.500. The van der Waals surface area contributed by atoms with Gasteiger partial charge in [-0.05, 0) is 38.5 Å². The summed E-state index contributed by atoms with van der Waals surface area (Å²) in [5.41, 5.74) is 1.89. The number of hydrogen-bond donors (Lipinski definition) is 3. The summed E-state index contributed by atoms with van der Waals surface area (Å²) in [5, 5.41) is 6.21. The largest absolute Gasteiger partial charge is 0.351 e. The van der Waals surface area contributed by atoms with Crippen molar-refractivity contribution in [2.75, 3.05) is 13.1 Å². The third-order valence-electron chi connectivity index (χ3n) is 2.46. The fourth-order valence-electron chi connectivity index (χ4n) is 1.48. The van der Waals surface area contributed by atoms with Crippen LogP contribution in [0.5, 0.6) is 0 Å². The molecule has 0 radical (unpaired) electrons. The second-order valence-corrected chi connectivity index (χ2v) is 5.60. The molecule has 100 valence electrons. The number of amides is 1. The lowest BCUT2D eigenvalue weighted by Gasteiger charge is -2.20. The molecule has 0 saturated carbocycles. The van der Waals surface area contributed by atoms with E-state index in [2.05, 4.69) is 44.0 Å². The van der Waals surface area contributed by atoms with E-state index in [1.807, 2.05) is 24.3 Å². The number of rotatable bonds is 5. The highest BCUT2D eigenvalue weighted by atomic mass is 32.1. The first-order valence-corrected chi connectivity index (χ1v) is 6.78. The molecule has 1 aromatic rings. The van der Waals surface area contributed by atoms with Crippen LogP contribution in [0.15, 0.2) is 24.3 Å². The van der Waals surface area contributed by atoms with Crippen molar-refractivity contribution in [2.24, 2.45) is 0 Å². The Morgan fingerprint density at radius 2 is 1.78 bits per heavy atom. The van der Waals surface area contributed by atoms with Gasteiger partial charge in [-0.2, -0.15) is 12.6 Å². The van der Waals surface area contributed by atoms with Crippen LogP contribution >= 0.6 is 12.6 Å². The van der Waals surface area contributed by atoms with Gasteiger partial charge in [-0.15, -0.1) is 0 Å². The van der Waals surface area contributed by atoms with Gasteiger partial charge in [0, 0.05) is 29.9 Å². The van der Waals surface area contributed by atoms with Gasteiger partial charge in [0.15, 0.2) is 0 Å². The van der Waals surface area contributed by atoms with Gasteiger partial charge in [0.2, 0.25) is 0 Å². The van der Waals surface area contributed by atoms with E-state index in [0.717, 1.165) is 12.1 Å². The van der Waals surface area contributed by atoms with Crippen molar-refractivity contribution in [2.45, 2.75) is 32.1 Å². The van der Waals surface area contributed by atoms with Gasteiger partial charge in [0.05, 0.1) is 0 Å². The average Bonchev–Trinajstić information content (AvgIpc) is 2.33. The summed E-state index contributed by atoms with van der Waals surface area (Å²) in [4.78, 5) is 11.8. The van der Waals surface area contributed by atoms with E-state index in [0.29, 0.717) is 17.9 Å². The van der Waals surface area contributed by atoms with Gasteiger partial charge >= 0.3 is 0 Å². The minimum atomic E-state index is -0.0311. The smallest absolute Gasteiger partial charge is 0.251 e. The molecule has 18 heavy (non-hydrogen) atoms. The molecule has 2 N–H and O–H groups in total. The predicted octanol–water partition coefficient (Wildman–Crippen LogP) is 2.23. The second kappa shape index (κ2) is 6.81. The van der Waals surface area contributed by atoms with Crippen LogP contribution in [-0.2, 0) is 5.75 Å². The van der Waals surface area contributed by atoms with E-state index in [-0.39, 0.29) is 11.4 Å². The summed E-state index contributed by atoms with van der Waals surface area (Å²) in [6.45, 7) is 7.70. The fourth-order valence-corrected chi connectivity index (χ4v) is 1.69. The molecule has 3 nitrogen and oxygen atoms in total. The van der Waals surface area contributed by atoms with Crippen LogP contribution in [0.2, 0.25) is 0 Å². The molecule has 0 heterocycles. The maximum absolute atomic E-state index is 11.8. The zero-order valence-electron chi connectivity index (χ0n) is 11.3. The SMILES string of the molecule is CC(C)(C)NCCNC(=O)c1ccc(CS)cc1. The van der Waals surface area contributed by atoms with E-state index in [1.54, 1.807) is 0 Å². The molecule has 0 fully saturated rings. The number of hydrogen-bond acceptors (Lipinski definition) is 3. The van der Waals surface area contributed by atoms with Gasteiger partial charge in [-0.3, -0.25) is 4.79 Å². The van der Waals surface area contributed by atoms with Gasteiger partial charge < -0.3 is 10.6 Å². The number of benzene rings is 1. The quantitative estimate of drug-likeness (QED) is 0.565. The van der Waals surface area contributed by atoms with Crippen LogP contribution in [0, 0.1) is 0 Å². The van der Waals surface area contributed by atoms with Crippen molar-refractivity contribution in [3.05, 3.63) is 35.4 Å². The maximum Gasteiger partial charge on any atom is 0.251 e. The summed E-state index contributed by atoms with van der Waals surface area (Å²) >= 11 is 4.18. The first-order valence-electron chi connectivity index (χ1n) is 6.15. The Labute approximate surface area is 115 Å². The van der Waals surface area contributed by atoms with Crippen molar-refractivity contribution in [1.29, 1.82) is 0 Å². The molecular weight excluding hydrogens is 244 g/mol. The lowest BCUT2D eigenvalue weighted by atomic mass is 10.1. The molecule has 0 atom stereocenters. The number of nitrogens with one attached hydrogen (secondary N) is 2. The molecule has 1 aromatic carbocycles. The Morgan fingerprint density at radius 3 is 2.28 bits per heavy atom. The highest BCUT2D eigenvalue weighted by molar-refractivity contribution is 7.79. The molecule has 0 spiro atoms. The van der Waals surface area contributed by atoms with Crippen molar-refractivity contribution in [3.63, 3.8) is 0 Å². The summed E-state index contributed by atoms with van der Waals surface area (Å²) < 4.78 is 0. The molecule has 0 unspecified atom stereocenters. The van der Waals surface area contributed by atoms with Crippen molar-refractivity contribution in [1.82, 2.24) is 10.6 Å². The second-order valence-electron chi connectivity index (χ2n) is 5.29. The molecule has 1 amide bonds. The molecular formula is C14H22N2OS. The highest BCUT2D eigenvalue weighted by Crippen LogP contribution is 2.06. The Morgan fingerprint density at radius 1 is 1.17 bits per heavy atom. The molecule has 1 rings (SSSR count). The maximum atomic E-state index is 11.8. The van der Waals surface area contributed by atoms with Gasteiger partial charge in [-0.1, -0.05) is 12.1 Å². The van der Waals surface area contributed by atoms with E-state index >= 15 is 0 Å². The van der Waals surface area contributed by atoms with E-state index in [4.69, 9.17) is 0 Å². The van der Waals surface area contributed by atoms with Crippen LogP contribution in [0.1, 0.15) is 36.7 Å². The Bertz CT molecular complexity index is 382. The third-order valence-corrected chi connectivity index (χ3v) is 2.83.